The van der Waals surface area contributed by atoms with E-state index in [1.54, 1.807) is 32.5 Å². The highest BCUT2D eigenvalue weighted by atomic mass is 79.9. The number of hydrogen-bond acceptors (Lipinski definition) is 6. The maximum absolute atomic E-state index is 11.9. The van der Waals surface area contributed by atoms with Gasteiger partial charge in [-0.05, 0) is 99.0 Å². The summed E-state index contributed by atoms with van der Waals surface area (Å²) in [4.78, 5) is 29.9. The highest BCUT2D eigenvalue weighted by molar-refractivity contribution is 9.11. The summed E-state index contributed by atoms with van der Waals surface area (Å²) in [5, 5.41) is 2.09. The average Bonchev–Trinajstić information content (AvgIpc) is 3.29. The zero-order chi connectivity index (χ0) is 24.4. The van der Waals surface area contributed by atoms with E-state index in [1.807, 2.05) is 41.5 Å². The molecule has 0 atom stereocenters. The van der Waals surface area contributed by atoms with Crippen molar-refractivity contribution in [1.29, 1.82) is 0 Å². The Morgan fingerprint density at radius 1 is 0.879 bits per heavy atom. The molecule has 182 valence electrons. The molecule has 9 heteroatoms. The summed E-state index contributed by atoms with van der Waals surface area (Å²) in [5.74, 6) is 0. The largest absolute Gasteiger partial charge is 0.444 e. The molecule has 0 radical (unpaired) electrons. The van der Waals surface area contributed by atoms with Gasteiger partial charge in [-0.2, -0.15) is 0 Å². The van der Waals surface area contributed by atoms with E-state index in [9.17, 15) is 9.59 Å². The lowest BCUT2D eigenvalue weighted by molar-refractivity contribution is 0.0216. The second kappa shape index (κ2) is 10.4. The number of fused-ring (bicyclic) bond motifs is 2. The van der Waals surface area contributed by atoms with Crippen molar-refractivity contribution in [3.05, 3.63) is 42.2 Å². The molecule has 2 amide bonds. The number of halogens is 1. The van der Waals surface area contributed by atoms with E-state index >= 15 is 0 Å². The Morgan fingerprint density at radius 2 is 1.39 bits per heavy atom. The van der Waals surface area contributed by atoms with Crippen molar-refractivity contribution in [1.82, 2.24) is 9.80 Å². The van der Waals surface area contributed by atoms with E-state index in [1.165, 1.54) is 20.9 Å². The van der Waals surface area contributed by atoms with Crippen LogP contribution in [-0.2, 0) is 35.4 Å². The Balaban J connectivity index is 0.000000186. The minimum absolute atomic E-state index is 0.202. The molecular weight excluding hydrogens is 524 g/mol. The van der Waals surface area contributed by atoms with Gasteiger partial charge in [0.1, 0.15) is 11.2 Å². The Kier molecular flexibility index (Phi) is 8.17. The molecule has 2 aliphatic rings. The van der Waals surface area contributed by atoms with Gasteiger partial charge in [-0.15, -0.1) is 22.7 Å². The van der Waals surface area contributed by atoms with Crippen molar-refractivity contribution in [2.75, 3.05) is 13.1 Å². The number of hydrogen-bond donors (Lipinski definition) is 0. The van der Waals surface area contributed by atoms with Gasteiger partial charge in [0, 0.05) is 22.8 Å². The van der Waals surface area contributed by atoms with Crippen LogP contribution in [0.4, 0.5) is 9.59 Å². The molecule has 4 rings (SSSR count). The molecular formula is C24H33BrN2O4S2. The smallest absolute Gasteiger partial charge is 0.410 e. The van der Waals surface area contributed by atoms with Crippen LogP contribution in [0.2, 0.25) is 0 Å². The van der Waals surface area contributed by atoms with Gasteiger partial charge in [-0.3, -0.25) is 0 Å². The third kappa shape index (κ3) is 7.72. The fourth-order valence-corrected chi connectivity index (χ4v) is 6.24. The topological polar surface area (TPSA) is 59.1 Å². The Morgan fingerprint density at radius 3 is 1.94 bits per heavy atom. The second-order valence-corrected chi connectivity index (χ2v) is 13.7. The highest BCUT2D eigenvalue weighted by Gasteiger charge is 2.27. The predicted octanol–water partition coefficient (Wildman–Crippen LogP) is 6.85. The summed E-state index contributed by atoms with van der Waals surface area (Å²) in [5.41, 5.74) is 1.90. The SMILES string of the molecule is CC(C)(C)OC(=O)N1CCc2cc(Br)sc2C1.CC(C)(C)OC(=O)N1CCc2ccsc2C1. The number of ether oxygens (including phenoxy) is 2. The highest BCUT2D eigenvalue weighted by Crippen LogP contribution is 2.32. The number of amides is 2. The van der Waals surface area contributed by atoms with Crippen molar-refractivity contribution in [2.45, 2.75) is 78.7 Å². The van der Waals surface area contributed by atoms with Crippen LogP contribution in [0.25, 0.3) is 0 Å². The molecule has 0 aliphatic carbocycles. The normalized spacial score (nSPS) is 15.7. The number of carbonyl (C=O) groups excluding carboxylic acids is 2. The second-order valence-electron chi connectivity index (χ2n) is 10.2. The predicted molar refractivity (Wildman–Crippen MR) is 137 cm³/mol. The summed E-state index contributed by atoms with van der Waals surface area (Å²) < 4.78 is 11.9. The third-order valence-electron chi connectivity index (χ3n) is 4.98. The monoisotopic (exact) mass is 556 g/mol. The summed E-state index contributed by atoms with van der Waals surface area (Å²) >= 11 is 6.89. The Hall–Kier alpha value is -1.58. The first-order chi connectivity index (χ1) is 15.3. The van der Waals surface area contributed by atoms with Crippen LogP contribution in [0.1, 0.15) is 62.4 Å². The lowest BCUT2D eigenvalue weighted by Gasteiger charge is -2.29. The minimum Gasteiger partial charge on any atom is -0.444 e. The van der Waals surface area contributed by atoms with Crippen LogP contribution in [-0.4, -0.2) is 46.3 Å². The van der Waals surface area contributed by atoms with Crippen LogP contribution >= 0.6 is 38.6 Å². The number of thiophene rings is 2. The summed E-state index contributed by atoms with van der Waals surface area (Å²) in [6.45, 7) is 14.2. The van der Waals surface area contributed by atoms with Gasteiger partial charge in [-0.1, -0.05) is 0 Å². The van der Waals surface area contributed by atoms with Crippen LogP contribution in [0.15, 0.2) is 21.3 Å². The van der Waals surface area contributed by atoms with Gasteiger partial charge in [0.05, 0.1) is 16.9 Å². The number of carbonyl (C=O) groups is 2. The van der Waals surface area contributed by atoms with E-state index in [2.05, 4.69) is 33.4 Å². The van der Waals surface area contributed by atoms with Gasteiger partial charge >= 0.3 is 12.2 Å². The zero-order valence-electron chi connectivity index (χ0n) is 20.2. The van der Waals surface area contributed by atoms with Gasteiger partial charge in [0.2, 0.25) is 0 Å². The van der Waals surface area contributed by atoms with Crippen LogP contribution < -0.4 is 0 Å². The molecule has 0 N–H and O–H groups in total. The molecule has 2 aromatic heterocycles. The maximum Gasteiger partial charge on any atom is 0.410 e. The van der Waals surface area contributed by atoms with Crippen molar-refractivity contribution in [2.24, 2.45) is 0 Å². The first kappa shape index (κ1) is 26.0. The van der Waals surface area contributed by atoms with E-state index < -0.39 is 11.2 Å². The number of rotatable bonds is 0. The van der Waals surface area contributed by atoms with Gasteiger partial charge in [0.15, 0.2) is 0 Å². The average molecular weight is 558 g/mol. The number of nitrogens with zero attached hydrogens (tertiary/aromatic N) is 2. The van der Waals surface area contributed by atoms with Crippen LogP contribution in [0.3, 0.4) is 0 Å². The molecule has 0 aromatic carbocycles. The zero-order valence-corrected chi connectivity index (χ0v) is 23.4. The molecule has 0 spiro atoms. The van der Waals surface area contributed by atoms with Gasteiger partial charge < -0.3 is 19.3 Å². The summed E-state index contributed by atoms with van der Waals surface area (Å²) in [6.07, 6.45) is 1.44. The summed E-state index contributed by atoms with van der Waals surface area (Å²) in [7, 11) is 0. The maximum atomic E-state index is 11.9. The molecule has 0 bridgehead atoms. The van der Waals surface area contributed by atoms with E-state index in [0.29, 0.717) is 13.1 Å². The van der Waals surface area contributed by atoms with Gasteiger partial charge in [-0.25, -0.2) is 9.59 Å². The van der Waals surface area contributed by atoms with Crippen molar-refractivity contribution in [3.8, 4) is 0 Å². The molecule has 2 aromatic rings. The molecule has 4 heterocycles. The van der Waals surface area contributed by atoms with Crippen LogP contribution in [0.5, 0.6) is 0 Å². The standard InChI is InChI=1S/C12H16BrNO2S.C12H17NO2S/c1-12(2,3)16-11(15)14-5-4-8-6-10(13)17-9(8)7-14;1-12(2,3)15-11(14)13-6-4-9-5-7-16-10(9)8-13/h6H,4-5,7H2,1-3H3;5,7H,4,6,8H2,1-3H3. The molecule has 0 saturated carbocycles. The first-order valence-corrected chi connectivity index (χ1v) is 13.6. The lowest BCUT2D eigenvalue weighted by atomic mass is 10.1. The Labute approximate surface area is 213 Å². The third-order valence-corrected chi connectivity index (χ3v) is 7.59. The molecule has 0 unspecified atom stereocenters. The molecule has 0 fully saturated rings. The quantitative estimate of drug-likeness (QED) is 0.356. The molecule has 6 nitrogen and oxygen atoms in total. The van der Waals surface area contributed by atoms with Gasteiger partial charge in [0.25, 0.3) is 0 Å². The lowest BCUT2D eigenvalue weighted by Crippen LogP contribution is -2.39. The first-order valence-electron chi connectivity index (χ1n) is 11.1. The fourth-order valence-electron chi connectivity index (χ4n) is 3.48. The molecule has 0 saturated heterocycles. The van der Waals surface area contributed by atoms with Crippen molar-refractivity contribution >= 4 is 50.8 Å². The van der Waals surface area contributed by atoms with E-state index in [0.717, 1.165) is 29.7 Å². The van der Waals surface area contributed by atoms with E-state index in [4.69, 9.17) is 9.47 Å². The van der Waals surface area contributed by atoms with Crippen molar-refractivity contribution < 1.29 is 19.1 Å². The Bertz CT molecular complexity index is 987. The van der Waals surface area contributed by atoms with Crippen LogP contribution in [0, 0.1) is 0 Å². The summed E-state index contributed by atoms with van der Waals surface area (Å²) in [6, 6.07) is 4.29. The fraction of sp³-hybridized carbons (Fsp3) is 0.583. The molecule has 2 aliphatic heterocycles. The molecule has 33 heavy (non-hydrogen) atoms. The van der Waals surface area contributed by atoms with E-state index in [-0.39, 0.29) is 12.2 Å². The van der Waals surface area contributed by atoms with Crippen molar-refractivity contribution in [3.63, 3.8) is 0 Å². The minimum atomic E-state index is -0.423.